The topological polar surface area (TPSA) is 3.24 Å². The van der Waals surface area contributed by atoms with E-state index in [1.54, 1.807) is 0 Å². The molecular weight excluding hydrogens is 314 g/mol. The van der Waals surface area contributed by atoms with Gasteiger partial charge in [-0.2, -0.15) is 0 Å². The Morgan fingerprint density at radius 3 is 1.50 bits per heavy atom. The van der Waals surface area contributed by atoms with E-state index >= 15 is 0 Å². The van der Waals surface area contributed by atoms with Gasteiger partial charge in [0, 0.05) is 19.1 Å². The normalized spacial score (nSPS) is 12.0. The highest BCUT2D eigenvalue weighted by Gasteiger charge is 2.18. The van der Waals surface area contributed by atoms with Gasteiger partial charge >= 0.3 is 0 Å². The summed E-state index contributed by atoms with van der Waals surface area (Å²) >= 11 is 0. The Kier molecular flexibility index (Phi) is 6.80. The van der Waals surface area contributed by atoms with Gasteiger partial charge in [0.25, 0.3) is 0 Å². The van der Waals surface area contributed by atoms with Gasteiger partial charge in [0.1, 0.15) is 0 Å². The molecule has 0 aliphatic rings. The molecule has 0 bridgehead atoms. The first-order valence-electron chi connectivity index (χ1n) is 9.32. The summed E-state index contributed by atoms with van der Waals surface area (Å²) in [6.07, 6.45) is 4.07. The molecule has 1 atom stereocenters. The fraction of sp³-hybridized carbons (Fsp3) is 0.200. The van der Waals surface area contributed by atoms with E-state index in [2.05, 4.69) is 109 Å². The molecular formula is C25H27N. The summed E-state index contributed by atoms with van der Waals surface area (Å²) in [4.78, 5) is 2.58. The van der Waals surface area contributed by atoms with Crippen LogP contribution in [-0.4, -0.2) is 10.9 Å². The maximum absolute atomic E-state index is 4.01. The SMILES string of the molecule is C=CC[C@H](Cc1ccccc1)N(Cc1ccccc1)Cc1ccccc1. The zero-order valence-corrected chi connectivity index (χ0v) is 15.3. The highest BCUT2D eigenvalue weighted by Crippen LogP contribution is 2.19. The molecule has 3 aromatic rings. The van der Waals surface area contributed by atoms with E-state index < -0.39 is 0 Å². The van der Waals surface area contributed by atoms with Gasteiger partial charge in [-0.1, -0.05) is 97.1 Å². The van der Waals surface area contributed by atoms with Gasteiger partial charge in [0.05, 0.1) is 0 Å². The fourth-order valence-electron chi connectivity index (χ4n) is 3.39. The third-order valence-electron chi connectivity index (χ3n) is 4.73. The summed E-state index contributed by atoms with van der Waals surface area (Å²) in [7, 11) is 0. The zero-order chi connectivity index (χ0) is 18.0. The highest BCUT2D eigenvalue weighted by atomic mass is 15.1. The van der Waals surface area contributed by atoms with E-state index in [0.29, 0.717) is 6.04 Å². The standard InChI is InChI=1S/C25H27N/c1-2-12-25(19-22-13-6-3-7-14-22)26(20-23-15-8-4-9-16-23)21-24-17-10-5-11-18-24/h2-11,13-18,25H,1,12,19-21H2/t25-/m1/s1. The second-order valence-electron chi connectivity index (χ2n) is 6.74. The van der Waals surface area contributed by atoms with Gasteiger partial charge in [0.15, 0.2) is 0 Å². The monoisotopic (exact) mass is 341 g/mol. The van der Waals surface area contributed by atoms with E-state index in [4.69, 9.17) is 0 Å². The Labute approximate surface area is 157 Å². The molecule has 1 nitrogen and oxygen atoms in total. The van der Waals surface area contributed by atoms with E-state index in [9.17, 15) is 0 Å². The quantitative estimate of drug-likeness (QED) is 0.440. The Balaban J connectivity index is 1.83. The van der Waals surface area contributed by atoms with Gasteiger partial charge < -0.3 is 0 Å². The predicted octanol–water partition coefficient (Wildman–Crippen LogP) is 5.88. The first kappa shape index (κ1) is 18.2. The molecule has 0 fully saturated rings. The third-order valence-corrected chi connectivity index (χ3v) is 4.73. The fourth-order valence-corrected chi connectivity index (χ4v) is 3.39. The Hall–Kier alpha value is -2.64. The van der Waals surface area contributed by atoms with Crippen molar-refractivity contribution in [1.29, 1.82) is 0 Å². The first-order chi connectivity index (χ1) is 12.8. The molecule has 3 aromatic carbocycles. The Morgan fingerprint density at radius 2 is 1.08 bits per heavy atom. The molecule has 0 aliphatic carbocycles. The second kappa shape index (κ2) is 9.74. The average Bonchev–Trinajstić information content (AvgIpc) is 2.70. The van der Waals surface area contributed by atoms with Crippen LogP contribution in [0.15, 0.2) is 104 Å². The van der Waals surface area contributed by atoms with Crippen molar-refractivity contribution in [3.8, 4) is 0 Å². The van der Waals surface area contributed by atoms with Crippen LogP contribution in [0.5, 0.6) is 0 Å². The van der Waals surface area contributed by atoms with E-state index in [1.165, 1.54) is 16.7 Å². The predicted molar refractivity (Wildman–Crippen MR) is 111 cm³/mol. The minimum atomic E-state index is 0.426. The molecule has 0 saturated heterocycles. The largest absolute Gasteiger partial charge is 0.291 e. The molecule has 0 unspecified atom stereocenters. The van der Waals surface area contributed by atoms with Crippen LogP contribution in [0.1, 0.15) is 23.1 Å². The number of nitrogens with zero attached hydrogens (tertiary/aromatic N) is 1. The van der Waals surface area contributed by atoms with E-state index in [1.807, 2.05) is 0 Å². The Bertz CT molecular complexity index is 724. The maximum atomic E-state index is 4.01. The maximum Gasteiger partial charge on any atom is 0.0240 e. The van der Waals surface area contributed by atoms with Crippen molar-refractivity contribution >= 4 is 0 Å². The Morgan fingerprint density at radius 1 is 0.654 bits per heavy atom. The molecule has 1 heteroatoms. The number of benzene rings is 3. The van der Waals surface area contributed by atoms with E-state index in [0.717, 1.165) is 25.9 Å². The van der Waals surface area contributed by atoms with Crippen LogP contribution in [-0.2, 0) is 19.5 Å². The summed E-state index contributed by atoms with van der Waals surface area (Å²) < 4.78 is 0. The van der Waals surface area contributed by atoms with Crippen LogP contribution in [0.3, 0.4) is 0 Å². The lowest BCUT2D eigenvalue weighted by molar-refractivity contribution is 0.177. The molecule has 0 amide bonds. The third kappa shape index (κ3) is 5.44. The van der Waals surface area contributed by atoms with Crippen molar-refractivity contribution < 1.29 is 0 Å². The van der Waals surface area contributed by atoms with Gasteiger partial charge in [-0.05, 0) is 29.5 Å². The minimum absolute atomic E-state index is 0.426. The summed E-state index contributed by atoms with van der Waals surface area (Å²) in [6, 6.07) is 32.7. The van der Waals surface area contributed by atoms with Crippen molar-refractivity contribution in [3.05, 3.63) is 120 Å². The molecule has 26 heavy (non-hydrogen) atoms. The van der Waals surface area contributed by atoms with Crippen LogP contribution in [0, 0.1) is 0 Å². The van der Waals surface area contributed by atoms with Crippen molar-refractivity contribution in [1.82, 2.24) is 4.90 Å². The molecule has 3 rings (SSSR count). The molecule has 0 radical (unpaired) electrons. The summed E-state index contributed by atoms with van der Waals surface area (Å²) in [5.74, 6) is 0. The lowest BCUT2D eigenvalue weighted by Crippen LogP contribution is -2.35. The molecule has 0 aliphatic heterocycles. The van der Waals surface area contributed by atoms with Crippen molar-refractivity contribution in [2.45, 2.75) is 32.0 Å². The molecule has 0 aromatic heterocycles. The lowest BCUT2D eigenvalue weighted by Gasteiger charge is -2.32. The summed E-state index contributed by atoms with van der Waals surface area (Å²) in [5, 5.41) is 0. The average molecular weight is 341 g/mol. The van der Waals surface area contributed by atoms with Crippen LogP contribution in [0.4, 0.5) is 0 Å². The first-order valence-corrected chi connectivity index (χ1v) is 9.32. The van der Waals surface area contributed by atoms with Crippen LogP contribution in [0.2, 0.25) is 0 Å². The summed E-state index contributed by atoms with van der Waals surface area (Å²) in [5.41, 5.74) is 4.08. The van der Waals surface area contributed by atoms with Gasteiger partial charge in [-0.15, -0.1) is 6.58 Å². The van der Waals surface area contributed by atoms with Crippen LogP contribution < -0.4 is 0 Å². The van der Waals surface area contributed by atoms with Gasteiger partial charge in [0.2, 0.25) is 0 Å². The van der Waals surface area contributed by atoms with Crippen molar-refractivity contribution in [3.63, 3.8) is 0 Å². The molecule has 0 saturated carbocycles. The number of hydrogen-bond donors (Lipinski definition) is 0. The minimum Gasteiger partial charge on any atom is -0.291 e. The number of hydrogen-bond acceptors (Lipinski definition) is 1. The zero-order valence-electron chi connectivity index (χ0n) is 15.3. The molecule has 0 spiro atoms. The number of rotatable bonds is 9. The van der Waals surface area contributed by atoms with Crippen LogP contribution >= 0.6 is 0 Å². The molecule has 0 N–H and O–H groups in total. The molecule has 132 valence electrons. The smallest absolute Gasteiger partial charge is 0.0240 e. The van der Waals surface area contributed by atoms with Crippen molar-refractivity contribution in [2.75, 3.05) is 0 Å². The second-order valence-corrected chi connectivity index (χ2v) is 6.74. The molecule has 0 heterocycles. The highest BCUT2D eigenvalue weighted by molar-refractivity contribution is 5.19. The van der Waals surface area contributed by atoms with Crippen LogP contribution in [0.25, 0.3) is 0 Å². The van der Waals surface area contributed by atoms with Crippen molar-refractivity contribution in [2.24, 2.45) is 0 Å². The van der Waals surface area contributed by atoms with E-state index in [-0.39, 0.29) is 0 Å². The van der Waals surface area contributed by atoms with Gasteiger partial charge in [-0.25, -0.2) is 0 Å². The lowest BCUT2D eigenvalue weighted by atomic mass is 10.00. The van der Waals surface area contributed by atoms with Gasteiger partial charge in [-0.3, -0.25) is 4.90 Å². The summed E-state index contributed by atoms with van der Waals surface area (Å²) in [6.45, 7) is 5.90.